The van der Waals surface area contributed by atoms with Gasteiger partial charge in [0.05, 0.1) is 0 Å². The fourth-order valence-corrected chi connectivity index (χ4v) is 2.11. The Balaban J connectivity index is -0.00000220. The van der Waals surface area contributed by atoms with Crippen LogP contribution in [0.1, 0.15) is 65.6 Å². The number of hydrogen-bond acceptors (Lipinski definition) is 4. The summed E-state index contributed by atoms with van der Waals surface area (Å²) in [6.45, 7) is 0.516. The molecular weight excluding hydrogens is 327 g/mol. The van der Waals surface area contributed by atoms with Crippen LogP contribution in [0.25, 0.3) is 0 Å². The van der Waals surface area contributed by atoms with Gasteiger partial charge in [0.25, 0.3) is 0 Å². The van der Waals surface area contributed by atoms with Crippen molar-refractivity contribution in [3.05, 3.63) is 0 Å². The van der Waals surface area contributed by atoms with Crippen molar-refractivity contribution in [2.75, 3.05) is 6.54 Å². The molecule has 0 unspecified atom stereocenters. The minimum atomic E-state index is -1.01. The largest absolute Gasteiger partial charge is 1.00 e. The molecule has 0 aromatic carbocycles. The molecule has 0 aliphatic rings. The monoisotopic (exact) mass is 356 g/mol. The first-order valence-corrected chi connectivity index (χ1v) is 7.91. The average Bonchev–Trinajstić information content (AvgIpc) is 2.44. The number of hydrogen-bond donors (Lipinski definition) is 4. The van der Waals surface area contributed by atoms with Gasteiger partial charge in [-0.05, 0) is 38.6 Å². The number of nitrogens with two attached hydrogens (primary N) is 1. The molecule has 0 saturated carbocycles. The Morgan fingerprint density at radius 1 is 0.913 bits per heavy atom. The number of carbonyl (C=O) groups excluding carboxylic acids is 1. The van der Waals surface area contributed by atoms with Gasteiger partial charge in [0, 0.05) is 12.8 Å². The van der Waals surface area contributed by atoms with Crippen molar-refractivity contribution >= 4 is 17.8 Å². The van der Waals surface area contributed by atoms with E-state index in [-0.39, 0.29) is 65.1 Å². The molecule has 0 fully saturated rings. The number of nitrogens with one attached hydrogen (secondary N) is 1. The molecule has 0 aliphatic heterocycles. The molecule has 1 atom stereocenters. The quantitative estimate of drug-likeness (QED) is 0.224. The zero-order chi connectivity index (χ0) is 16.8. The van der Waals surface area contributed by atoms with Crippen molar-refractivity contribution in [3.63, 3.8) is 0 Å². The van der Waals surface area contributed by atoms with Gasteiger partial charge in [-0.1, -0.05) is 19.3 Å². The smallest absolute Gasteiger partial charge is 1.00 e. The molecule has 130 valence electrons. The summed E-state index contributed by atoms with van der Waals surface area (Å²) in [5.41, 5.74) is 5.36. The normalized spacial score (nSPS) is 11.3. The first-order chi connectivity index (χ1) is 10.5. The van der Waals surface area contributed by atoms with Gasteiger partial charge in [-0.15, -0.1) is 0 Å². The Kier molecular flexibility index (Phi) is 18.5. The van der Waals surface area contributed by atoms with Crippen molar-refractivity contribution in [2.45, 2.75) is 70.3 Å². The van der Waals surface area contributed by atoms with Gasteiger partial charge >= 0.3 is 63.3 Å². The number of carboxylic acid groups (broad SMARTS) is 2. The van der Waals surface area contributed by atoms with Crippen LogP contribution in [0.2, 0.25) is 0 Å². The van der Waals surface area contributed by atoms with Gasteiger partial charge in [0.1, 0.15) is 6.04 Å². The number of rotatable bonds is 14. The molecular formula is C15H29KN2O5. The van der Waals surface area contributed by atoms with Gasteiger partial charge in [-0.2, -0.15) is 0 Å². The molecule has 0 aromatic rings. The molecule has 23 heavy (non-hydrogen) atoms. The van der Waals surface area contributed by atoms with Crippen LogP contribution in [0.5, 0.6) is 0 Å². The van der Waals surface area contributed by atoms with E-state index in [1.54, 1.807) is 0 Å². The topological polar surface area (TPSA) is 130 Å². The zero-order valence-electron chi connectivity index (χ0n) is 15.1. The molecule has 0 radical (unpaired) electrons. The number of amides is 1. The number of carbonyl (C=O) groups is 3. The Bertz CT molecular complexity index is 359. The van der Waals surface area contributed by atoms with Gasteiger partial charge in [-0.3, -0.25) is 9.59 Å². The van der Waals surface area contributed by atoms with E-state index in [1.165, 1.54) is 0 Å². The fourth-order valence-electron chi connectivity index (χ4n) is 2.11. The summed E-state index contributed by atoms with van der Waals surface area (Å²) in [5, 5.41) is 20.1. The molecule has 0 heterocycles. The second kappa shape index (κ2) is 16.8. The predicted molar refractivity (Wildman–Crippen MR) is 83.5 cm³/mol. The molecule has 0 spiro atoms. The maximum Gasteiger partial charge on any atom is 1.00 e. The Morgan fingerprint density at radius 3 is 2.00 bits per heavy atom. The average molecular weight is 357 g/mol. The maximum atomic E-state index is 11.7. The fraction of sp³-hybridized carbons (Fsp3) is 0.800. The predicted octanol–water partition coefficient (Wildman–Crippen LogP) is -1.38. The molecule has 0 aromatic heterocycles. The number of aliphatic carboxylic acids is 2. The van der Waals surface area contributed by atoms with Crippen LogP contribution < -0.4 is 62.4 Å². The first-order valence-electron chi connectivity index (χ1n) is 7.91. The summed E-state index contributed by atoms with van der Waals surface area (Å²) < 4.78 is 0. The first kappa shape index (κ1) is 25.2. The number of unbranched alkanes of at least 4 members (excludes halogenated alkanes) is 5. The Hall–Kier alpha value is 0.00636. The molecule has 1 amide bonds. The van der Waals surface area contributed by atoms with Crippen molar-refractivity contribution in [1.82, 2.24) is 5.32 Å². The van der Waals surface area contributed by atoms with Crippen LogP contribution in [-0.4, -0.2) is 40.6 Å². The third-order valence-corrected chi connectivity index (χ3v) is 3.37. The van der Waals surface area contributed by atoms with Crippen LogP contribution in [0.3, 0.4) is 0 Å². The minimum Gasteiger partial charge on any atom is -1.00 e. The summed E-state index contributed by atoms with van der Waals surface area (Å²) in [4.78, 5) is 33.1. The van der Waals surface area contributed by atoms with E-state index in [2.05, 4.69) is 5.32 Å². The van der Waals surface area contributed by atoms with Crippen LogP contribution in [0, 0.1) is 0 Å². The van der Waals surface area contributed by atoms with E-state index in [0.29, 0.717) is 38.6 Å². The SMILES string of the molecule is NCCCC[C@H](NC(=O)CCCCCCCC(=O)O)C(=O)O.[H-].[K+]. The summed E-state index contributed by atoms with van der Waals surface area (Å²) in [6.07, 6.45) is 6.23. The molecule has 8 heteroatoms. The van der Waals surface area contributed by atoms with Crippen molar-refractivity contribution in [3.8, 4) is 0 Å². The summed E-state index contributed by atoms with van der Waals surface area (Å²) in [7, 11) is 0. The van der Waals surface area contributed by atoms with E-state index < -0.39 is 18.0 Å². The van der Waals surface area contributed by atoms with Crippen molar-refractivity contribution in [1.29, 1.82) is 0 Å². The third-order valence-electron chi connectivity index (χ3n) is 3.37. The minimum absolute atomic E-state index is 0. The molecule has 7 nitrogen and oxygen atoms in total. The van der Waals surface area contributed by atoms with E-state index in [9.17, 15) is 14.4 Å². The van der Waals surface area contributed by atoms with Gasteiger partial charge in [-0.25, -0.2) is 4.79 Å². The number of carboxylic acids is 2. The van der Waals surface area contributed by atoms with Crippen LogP contribution in [0.15, 0.2) is 0 Å². The van der Waals surface area contributed by atoms with E-state index in [1.807, 2.05) is 0 Å². The maximum absolute atomic E-state index is 11.7. The summed E-state index contributed by atoms with van der Waals surface area (Å²) in [6, 6.07) is -0.838. The van der Waals surface area contributed by atoms with Crippen LogP contribution in [0.4, 0.5) is 0 Å². The van der Waals surface area contributed by atoms with E-state index >= 15 is 0 Å². The van der Waals surface area contributed by atoms with Crippen molar-refractivity contribution < 1.29 is 77.4 Å². The molecule has 0 saturated heterocycles. The van der Waals surface area contributed by atoms with Crippen molar-refractivity contribution in [2.24, 2.45) is 5.73 Å². The second-order valence-electron chi connectivity index (χ2n) is 5.40. The molecule has 5 N–H and O–H groups in total. The Labute approximate surface area is 181 Å². The summed E-state index contributed by atoms with van der Waals surface area (Å²) >= 11 is 0. The van der Waals surface area contributed by atoms with Gasteiger partial charge in [0.15, 0.2) is 0 Å². The molecule has 0 aliphatic carbocycles. The van der Waals surface area contributed by atoms with Gasteiger partial charge in [0.2, 0.25) is 5.91 Å². The second-order valence-corrected chi connectivity index (χ2v) is 5.40. The van der Waals surface area contributed by atoms with Crippen LogP contribution in [-0.2, 0) is 14.4 Å². The van der Waals surface area contributed by atoms with E-state index in [4.69, 9.17) is 15.9 Å². The zero-order valence-corrected chi connectivity index (χ0v) is 17.2. The molecule has 0 rings (SSSR count). The summed E-state index contributed by atoms with van der Waals surface area (Å²) in [5.74, 6) is -2.04. The third kappa shape index (κ3) is 16.6. The standard InChI is InChI=1S/C15H28N2O5.K.H/c16-11-7-6-8-12(15(21)22)17-13(18)9-4-2-1-3-5-10-14(19)20;;/h12H,1-11,16H2,(H,17,18)(H,19,20)(H,21,22);;/q;+1;-1/t12-;;/m0../s1. The van der Waals surface area contributed by atoms with Gasteiger partial charge < -0.3 is 22.7 Å². The molecule has 0 bridgehead atoms. The van der Waals surface area contributed by atoms with E-state index in [0.717, 1.165) is 25.7 Å². The van der Waals surface area contributed by atoms with Crippen LogP contribution >= 0.6 is 0 Å². The Morgan fingerprint density at radius 2 is 1.48 bits per heavy atom.